The molecule has 75 heavy (non-hydrogen) atoms. The first-order chi connectivity index (χ1) is 36.2. The predicted molar refractivity (Wildman–Crippen MR) is 271 cm³/mol. The highest BCUT2D eigenvalue weighted by Gasteiger charge is 2.47. The van der Waals surface area contributed by atoms with Crippen LogP contribution in [0.25, 0.3) is 11.2 Å². The summed E-state index contributed by atoms with van der Waals surface area (Å²) in [6.07, 6.45) is 2.77. The number of imidazole rings is 1. The number of phosphoric ester groups is 1. The maximum atomic E-state index is 13.6. The Balaban J connectivity index is 0.940. The Morgan fingerprint density at radius 2 is 1.67 bits per heavy atom. The standard InChI is InChI=1S/C48H74N11O15P/c1-5-6-7-8-11-39(61)51-18-10-21-69-23-25-70-24-22-68-20-9-17-50-38-16-19-58(48(64)55-38)40-27-35(36(28-60)72-40)74-75(65,66)71-29-37-41(56-46(63)34(49)26-32-12-14-33(67-4)15-13-32)43(62)47(73-37)59-31-54-42-44(57(2)3)52-30-53-45(42)59/h12-16,19,30-31,34-37,40-41,43,47,60,62H,5-11,17-18,20-29,49H2,1-4H3,(H,51,61)(H,56,63)(H,65,66)(H,50,55,64)/p-1/t34?,35-,36-,37-,40-,41+,43?,47-/m1/s1. The molecule has 0 bridgehead atoms. The molecule has 2 aliphatic heterocycles. The number of fused-ring (bicyclic) bond motifs is 1. The first kappa shape index (κ1) is 59.0. The number of phosphoric acid groups is 1. The number of anilines is 2. The maximum Gasteiger partial charge on any atom is 0.351 e. The van der Waals surface area contributed by atoms with Gasteiger partial charge in [-0.05, 0) is 49.4 Å². The van der Waals surface area contributed by atoms with Crippen molar-refractivity contribution in [2.24, 2.45) is 5.73 Å². The van der Waals surface area contributed by atoms with Crippen LogP contribution in [0, 0.1) is 0 Å². The minimum absolute atomic E-state index is 0.0886. The molecule has 4 aromatic rings. The monoisotopic (exact) mass is 1070 g/mol. The summed E-state index contributed by atoms with van der Waals surface area (Å²) in [6, 6.07) is 6.20. The van der Waals surface area contributed by atoms with E-state index in [1.807, 2.05) is 0 Å². The van der Waals surface area contributed by atoms with Crippen molar-refractivity contribution < 1.29 is 66.7 Å². The number of hydrogen-bond donors (Lipinski definition) is 6. The summed E-state index contributed by atoms with van der Waals surface area (Å²) in [4.78, 5) is 70.9. The summed E-state index contributed by atoms with van der Waals surface area (Å²) in [5, 5.41) is 30.6. The van der Waals surface area contributed by atoms with Gasteiger partial charge in [0.25, 0.3) is 7.82 Å². The van der Waals surface area contributed by atoms with Crippen LogP contribution in [-0.4, -0.2) is 175 Å². The minimum atomic E-state index is -5.25. The molecule has 9 atom stereocenters. The van der Waals surface area contributed by atoms with E-state index < -0.39 is 81.6 Å². The molecule has 3 aromatic heterocycles. The van der Waals surface area contributed by atoms with Gasteiger partial charge in [0.05, 0.1) is 71.3 Å². The lowest BCUT2D eigenvalue weighted by molar-refractivity contribution is -0.233. The van der Waals surface area contributed by atoms with Crippen molar-refractivity contribution in [3.05, 3.63) is 65.2 Å². The average molecular weight is 1080 g/mol. The molecular formula is C48H73N11O15P-. The molecular weight excluding hydrogens is 1000 g/mol. The van der Waals surface area contributed by atoms with Crippen LogP contribution in [-0.2, 0) is 53.3 Å². The molecule has 416 valence electrons. The molecule has 1 aromatic carbocycles. The molecule has 7 N–H and O–H groups in total. The second-order valence-electron chi connectivity index (χ2n) is 18.2. The predicted octanol–water partition coefficient (Wildman–Crippen LogP) is 0.949. The number of carbonyl (C=O) groups excluding carboxylic acids is 2. The molecule has 6 rings (SSSR count). The molecule has 2 fully saturated rings. The second kappa shape index (κ2) is 29.9. The quantitative estimate of drug-likeness (QED) is 0.0280. The zero-order valence-electron chi connectivity index (χ0n) is 43.0. The van der Waals surface area contributed by atoms with Gasteiger partial charge in [-0.3, -0.25) is 23.3 Å². The lowest BCUT2D eigenvalue weighted by atomic mass is 10.0. The number of nitrogens with one attached hydrogen (secondary N) is 3. The molecule has 5 heterocycles. The first-order valence-electron chi connectivity index (χ1n) is 25.3. The number of methoxy groups -OCH3 is 1. The Hall–Kier alpha value is -5.22. The Morgan fingerprint density at radius 1 is 0.947 bits per heavy atom. The summed E-state index contributed by atoms with van der Waals surface area (Å²) >= 11 is 0. The number of ether oxygens (including phenoxy) is 6. The normalized spacial score (nSPS) is 21.7. The van der Waals surface area contributed by atoms with E-state index in [0.29, 0.717) is 94.1 Å². The van der Waals surface area contributed by atoms with Crippen molar-refractivity contribution in [1.29, 1.82) is 0 Å². The highest BCUT2D eigenvalue weighted by atomic mass is 31.2. The lowest BCUT2D eigenvalue weighted by Crippen LogP contribution is -2.53. The number of amides is 2. The van der Waals surface area contributed by atoms with Gasteiger partial charge in [0.15, 0.2) is 23.2 Å². The Bertz CT molecular complexity index is 2490. The number of unbranched alkanes of at least 4 members (excludes halogenated alkanes) is 3. The van der Waals surface area contributed by atoms with E-state index >= 15 is 0 Å². The van der Waals surface area contributed by atoms with Gasteiger partial charge < -0.3 is 79.2 Å². The van der Waals surface area contributed by atoms with Crippen LogP contribution in [0.4, 0.5) is 11.6 Å². The number of aromatic nitrogens is 6. The molecule has 0 spiro atoms. The van der Waals surface area contributed by atoms with Gasteiger partial charge in [0, 0.05) is 59.4 Å². The fourth-order valence-electron chi connectivity index (χ4n) is 8.40. The minimum Gasteiger partial charge on any atom is -0.756 e. The third-order valence-electron chi connectivity index (χ3n) is 12.4. The fourth-order valence-corrected chi connectivity index (χ4v) is 9.34. The van der Waals surface area contributed by atoms with Crippen LogP contribution < -0.4 is 41.9 Å². The molecule has 2 saturated heterocycles. The largest absolute Gasteiger partial charge is 0.756 e. The topological polar surface area (TPSA) is 332 Å². The van der Waals surface area contributed by atoms with Crippen molar-refractivity contribution in [3.63, 3.8) is 0 Å². The molecule has 0 radical (unpaired) electrons. The first-order valence-corrected chi connectivity index (χ1v) is 26.8. The van der Waals surface area contributed by atoms with Crippen LogP contribution in [0.3, 0.4) is 0 Å². The highest BCUT2D eigenvalue weighted by molar-refractivity contribution is 7.45. The molecule has 2 aliphatic rings. The average Bonchev–Trinajstić information content (AvgIpc) is 4.10. The number of rotatable bonds is 34. The van der Waals surface area contributed by atoms with E-state index in [1.54, 1.807) is 49.3 Å². The van der Waals surface area contributed by atoms with Gasteiger partial charge in [-0.1, -0.05) is 38.3 Å². The highest BCUT2D eigenvalue weighted by Crippen LogP contribution is 2.46. The SMILES string of the molecule is CCCCCCC(=O)NCCCOCCOCCOCCCNc1ccn([C@H]2C[C@@H](OP(=O)([O-])OC[C@H]3O[C@@H](n4cnc5c(N(C)C)ncnc54)C(O)[C@H]3NC(=O)C(N)Cc3ccc(OC)cc3)[C@@H](CO)O2)c(=O)n1. The molecule has 0 saturated carbocycles. The van der Waals surface area contributed by atoms with Gasteiger partial charge in [-0.15, -0.1) is 0 Å². The number of carbonyl (C=O) groups is 2. The van der Waals surface area contributed by atoms with E-state index in [1.165, 1.54) is 30.5 Å². The van der Waals surface area contributed by atoms with Crippen LogP contribution in [0.15, 0.2) is 54.0 Å². The summed E-state index contributed by atoms with van der Waals surface area (Å²) in [7, 11) is -0.170. The van der Waals surface area contributed by atoms with E-state index in [9.17, 15) is 34.1 Å². The van der Waals surface area contributed by atoms with E-state index in [0.717, 1.165) is 42.2 Å². The van der Waals surface area contributed by atoms with Crippen molar-refractivity contribution in [2.75, 3.05) is 97.4 Å². The summed E-state index contributed by atoms with van der Waals surface area (Å²) < 4.78 is 60.9. The van der Waals surface area contributed by atoms with Crippen molar-refractivity contribution in [3.8, 4) is 5.75 Å². The van der Waals surface area contributed by atoms with Crippen LogP contribution >= 0.6 is 7.82 Å². The molecule has 0 aliphatic carbocycles. The van der Waals surface area contributed by atoms with E-state index in [4.69, 9.17) is 43.2 Å². The summed E-state index contributed by atoms with van der Waals surface area (Å²) in [5.74, 6) is 0.843. The number of aliphatic hydroxyl groups excluding tert-OH is 2. The molecule has 26 nitrogen and oxygen atoms in total. The zero-order chi connectivity index (χ0) is 53.7. The van der Waals surface area contributed by atoms with Gasteiger partial charge >= 0.3 is 5.69 Å². The van der Waals surface area contributed by atoms with Crippen molar-refractivity contribution in [2.45, 2.75) is 114 Å². The Morgan fingerprint density at radius 3 is 2.35 bits per heavy atom. The summed E-state index contributed by atoms with van der Waals surface area (Å²) in [6.45, 7) is 4.45. The third-order valence-corrected chi connectivity index (χ3v) is 13.4. The van der Waals surface area contributed by atoms with Gasteiger partial charge in [-0.25, -0.2) is 19.7 Å². The fraction of sp³-hybridized carbons (Fsp3) is 0.646. The third kappa shape index (κ3) is 17.7. The van der Waals surface area contributed by atoms with Crippen molar-refractivity contribution in [1.82, 2.24) is 39.7 Å². The molecule has 27 heteroatoms. The lowest BCUT2D eigenvalue weighted by Gasteiger charge is -2.30. The smallest absolute Gasteiger partial charge is 0.351 e. The second-order valence-corrected chi connectivity index (χ2v) is 19.6. The Labute approximate surface area is 435 Å². The van der Waals surface area contributed by atoms with Gasteiger partial charge in [-0.2, -0.15) is 4.98 Å². The van der Waals surface area contributed by atoms with Crippen LogP contribution in [0.5, 0.6) is 5.75 Å². The van der Waals surface area contributed by atoms with E-state index in [2.05, 4.69) is 42.8 Å². The molecule has 2 amide bonds. The summed E-state index contributed by atoms with van der Waals surface area (Å²) in [5.41, 5.74) is 7.05. The van der Waals surface area contributed by atoms with Gasteiger partial charge in [0.1, 0.15) is 42.4 Å². The number of hydrogen-bond acceptors (Lipinski definition) is 22. The number of nitrogens with zero attached hydrogens (tertiary/aromatic N) is 7. The Kier molecular flexibility index (Phi) is 23.5. The zero-order valence-corrected chi connectivity index (χ0v) is 43.9. The number of aliphatic hydroxyl groups is 2. The van der Waals surface area contributed by atoms with Crippen molar-refractivity contribution >= 4 is 42.4 Å². The van der Waals surface area contributed by atoms with Crippen LogP contribution in [0.1, 0.15) is 76.3 Å². The molecule has 3 unspecified atom stereocenters. The van der Waals surface area contributed by atoms with Gasteiger partial charge in [0.2, 0.25) is 11.8 Å². The number of benzene rings is 1. The number of nitrogens with two attached hydrogens (primary N) is 1. The maximum absolute atomic E-state index is 13.6. The van der Waals surface area contributed by atoms with Crippen LogP contribution in [0.2, 0.25) is 0 Å². The van der Waals surface area contributed by atoms with E-state index in [-0.39, 0.29) is 18.7 Å².